The molecular formula is C40H30O7. The van der Waals surface area contributed by atoms with E-state index < -0.39 is 0 Å². The number of ketones is 2. The lowest BCUT2D eigenvalue weighted by atomic mass is 10.0. The van der Waals surface area contributed by atoms with Gasteiger partial charge < -0.3 is 23.7 Å². The SMILES string of the molecule is COc1ccc(Oc2ccc(C(=O)c3ccc(Oc4ccc(Oc5ccc(C(=O)c6ccc(OC)cc6)cc5)cc4)cc3)cc2)cc1. The van der Waals surface area contributed by atoms with Crippen molar-refractivity contribution in [2.75, 3.05) is 14.2 Å². The number of rotatable bonds is 12. The largest absolute Gasteiger partial charge is 0.497 e. The maximum atomic E-state index is 13.1. The first-order valence-electron chi connectivity index (χ1n) is 14.8. The van der Waals surface area contributed by atoms with Crippen LogP contribution in [0.5, 0.6) is 46.0 Å². The molecule has 0 spiro atoms. The Morgan fingerprint density at radius 1 is 0.298 bits per heavy atom. The maximum absolute atomic E-state index is 13.1. The molecule has 0 amide bonds. The molecule has 0 aliphatic carbocycles. The van der Waals surface area contributed by atoms with Crippen molar-refractivity contribution in [1.29, 1.82) is 0 Å². The Hall–Kier alpha value is -6.34. The Labute approximate surface area is 272 Å². The van der Waals surface area contributed by atoms with Gasteiger partial charge in [-0.25, -0.2) is 0 Å². The normalized spacial score (nSPS) is 10.5. The molecule has 0 radical (unpaired) electrons. The molecule has 0 saturated carbocycles. The van der Waals surface area contributed by atoms with Gasteiger partial charge in [0.25, 0.3) is 0 Å². The van der Waals surface area contributed by atoms with Crippen molar-refractivity contribution < 1.29 is 33.3 Å². The van der Waals surface area contributed by atoms with Crippen LogP contribution < -0.4 is 23.7 Å². The summed E-state index contributed by atoms with van der Waals surface area (Å²) in [5.74, 6) is 4.99. The Kier molecular flexibility index (Phi) is 9.25. The second-order valence-corrected chi connectivity index (χ2v) is 10.4. The molecule has 0 bridgehead atoms. The highest BCUT2D eigenvalue weighted by Gasteiger charge is 2.12. The van der Waals surface area contributed by atoms with Crippen molar-refractivity contribution in [1.82, 2.24) is 0 Å². The molecule has 0 unspecified atom stereocenters. The number of hydrogen-bond donors (Lipinski definition) is 0. The summed E-state index contributed by atoms with van der Waals surface area (Å²) in [4.78, 5) is 25.8. The highest BCUT2D eigenvalue weighted by molar-refractivity contribution is 6.09. The molecule has 7 nitrogen and oxygen atoms in total. The van der Waals surface area contributed by atoms with Crippen molar-refractivity contribution in [2.24, 2.45) is 0 Å². The number of benzene rings is 6. The fourth-order valence-electron chi connectivity index (χ4n) is 4.73. The van der Waals surface area contributed by atoms with E-state index in [0.29, 0.717) is 62.5 Å². The summed E-state index contributed by atoms with van der Waals surface area (Å²) in [6, 6.07) is 42.5. The van der Waals surface area contributed by atoms with E-state index in [2.05, 4.69) is 0 Å². The highest BCUT2D eigenvalue weighted by atomic mass is 16.5. The third-order valence-electron chi connectivity index (χ3n) is 7.29. The Morgan fingerprint density at radius 2 is 0.468 bits per heavy atom. The van der Waals surface area contributed by atoms with Crippen LogP contribution >= 0.6 is 0 Å². The average molecular weight is 623 g/mol. The van der Waals surface area contributed by atoms with Crippen LogP contribution in [0.25, 0.3) is 0 Å². The van der Waals surface area contributed by atoms with Crippen LogP contribution in [0.2, 0.25) is 0 Å². The predicted octanol–water partition coefficient (Wildman–Crippen LogP) is 9.54. The zero-order chi connectivity index (χ0) is 32.6. The summed E-state index contributed by atoms with van der Waals surface area (Å²) in [6.45, 7) is 0. The summed E-state index contributed by atoms with van der Waals surface area (Å²) in [7, 11) is 3.20. The summed E-state index contributed by atoms with van der Waals surface area (Å²) in [6.07, 6.45) is 0. The smallest absolute Gasteiger partial charge is 0.193 e. The standard InChI is InChI=1S/C40H30O7/c1-43-31-11-3-27(4-12-31)39(41)28-5-15-34(16-6-28)46-37-23-25-38(26-24-37)47-35-17-9-30(10-18-35)40(42)29-7-13-33(14-8-29)45-36-21-19-32(44-2)20-22-36/h3-26H,1-2H3. The van der Waals surface area contributed by atoms with Crippen molar-refractivity contribution in [2.45, 2.75) is 0 Å². The summed E-state index contributed by atoms with van der Waals surface area (Å²) in [5.41, 5.74) is 2.24. The van der Waals surface area contributed by atoms with Gasteiger partial charge in [0, 0.05) is 22.3 Å². The molecule has 7 heteroatoms. The number of methoxy groups -OCH3 is 2. The third-order valence-corrected chi connectivity index (χ3v) is 7.29. The Bertz CT molecular complexity index is 1950. The average Bonchev–Trinajstić information content (AvgIpc) is 3.13. The van der Waals surface area contributed by atoms with Crippen LogP contribution in [0, 0.1) is 0 Å². The van der Waals surface area contributed by atoms with Crippen LogP contribution in [0.3, 0.4) is 0 Å². The zero-order valence-corrected chi connectivity index (χ0v) is 25.7. The first-order valence-corrected chi connectivity index (χ1v) is 14.8. The van der Waals surface area contributed by atoms with Gasteiger partial charge in [0.1, 0.15) is 46.0 Å². The predicted molar refractivity (Wildman–Crippen MR) is 179 cm³/mol. The van der Waals surface area contributed by atoms with Crippen molar-refractivity contribution in [3.05, 3.63) is 168 Å². The minimum absolute atomic E-state index is 0.0801. The Morgan fingerprint density at radius 3 is 0.681 bits per heavy atom. The first kappa shape index (κ1) is 30.7. The molecule has 6 aromatic carbocycles. The van der Waals surface area contributed by atoms with E-state index in [1.807, 2.05) is 24.3 Å². The summed E-state index contributed by atoms with van der Waals surface area (Å²) < 4.78 is 28.1. The van der Waals surface area contributed by atoms with Gasteiger partial charge in [0.15, 0.2) is 11.6 Å². The topological polar surface area (TPSA) is 80.3 Å². The summed E-state index contributed by atoms with van der Waals surface area (Å²) in [5, 5.41) is 0. The lowest BCUT2D eigenvalue weighted by Gasteiger charge is -2.10. The fourth-order valence-corrected chi connectivity index (χ4v) is 4.73. The lowest BCUT2D eigenvalue weighted by Crippen LogP contribution is -2.01. The summed E-state index contributed by atoms with van der Waals surface area (Å²) >= 11 is 0. The monoisotopic (exact) mass is 622 g/mol. The van der Waals surface area contributed by atoms with Crippen LogP contribution in [0.4, 0.5) is 0 Å². The molecular weight excluding hydrogens is 592 g/mol. The van der Waals surface area contributed by atoms with Crippen LogP contribution in [0.1, 0.15) is 31.8 Å². The molecule has 0 saturated heterocycles. The molecule has 6 aromatic rings. The minimum Gasteiger partial charge on any atom is -0.497 e. The lowest BCUT2D eigenvalue weighted by molar-refractivity contribution is 0.103. The van der Waals surface area contributed by atoms with Gasteiger partial charge in [-0.15, -0.1) is 0 Å². The molecule has 0 fully saturated rings. The molecule has 0 aliphatic rings. The van der Waals surface area contributed by atoms with E-state index in [4.69, 9.17) is 23.7 Å². The third kappa shape index (κ3) is 7.67. The van der Waals surface area contributed by atoms with E-state index >= 15 is 0 Å². The molecule has 0 aromatic heterocycles. The molecule has 6 rings (SSSR count). The van der Waals surface area contributed by atoms with E-state index in [-0.39, 0.29) is 11.6 Å². The van der Waals surface area contributed by atoms with Crippen LogP contribution in [-0.4, -0.2) is 25.8 Å². The van der Waals surface area contributed by atoms with Crippen molar-refractivity contribution in [3.63, 3.8) is 0 Å². The van der Waals surface area contributed by atoms with Gasteiger partial charge in [0.05, 0.1) is 14.2 Å². The van der Waals surface area contributed by atoms with E-state index in [0.717, 1.165) is 5.75 Å². The fraction of sp³-hybridized carbons (Fsp3) is 0.0500. The minimum atomic E-state index is -0.104. The van der Waals surface area contributed by atoms with E-state index in [1.165, 1.54) is 0 Å². The number of carbonyl (C=O) groups is 2. The molecule has 0 atom stereocenters. The van der Waals surface area contributed by atoms with Gasteiger partial charge in [-0.2, -0.15) is 0 Å². The molecule has 0 heterocycles. The zero-order valence-electron chi connectivity index (χ0n) is 25.7. The second-order valence-electron chi connectivity index (χ2n) is 10.4. The van der Waals surface area contributed by atoms with Crippen LogP contribution in [0.15, 0.2) is 146 Å². The quantitative estimate of drug-likeness (QED) is 0.126. The maximum Gasteiger partial charge on any atom is 0.193 e. The van der Waals surface area contributed by atoms with Gasteiger partial charge in [-0.3, -0.25) is 9.59 Å². The molecule has 0 N–H and O–H groups in total. The van der Waals surface area contributed by atoms with Gasteiger partial charge >= 0.3 is 0 Å². The first-order chi connectivity index (χ1) is 23.0. The number of hydrogen-bond acceptors (Lipinski definition) is 7. The molecule has 232 valence electrons. The molecule has 47 heavy (non-hydrogen) atoms. The van der Waals surface area contributed by atoms with Gasteiger partial charge in [0.2, 0.25) is 0 Å². The van der Waals surface area contributed by atoms with Crippen LogP contribution in [-0.2, 0) is 0 Å². The number of carbonyl (C=O) groups excluding carboxylic acids is 2. The highest BCUT2D eigenvalue weighted by Crippen LogP contribution is 2.29. The number of ether oxygens (including phenoxy) is 5. The van der Waals surface area contributed by atoms with E-state index in [9.17, 15) is 9.59 Å². The van der Waals surface area contributed by atoms with Gasteiger partial charge in [-0.1, -0.05) is 0 Å². The van der Waals surface area contributed by atoms with E-state index in [1.54, 1.807) is 136 Å². The van der Waals surface area contributed by atoms with Crippen molar-refractivity contribution >= 4 is 11.6 Å². The molecule has 0 aliphatic heterocycles. The Balaban J connectivity index is 1.01. The van der Waals surface area contributed by atoms with Crippen molar-refractivity contribution in [3.8, 4) is 46.0 Å². The van der Waals surface area contributed by atoms with Gasteiger partial charge in [-0.05, 0) is 146 Å². The second kappa shape index (κ2) is 14.2.